The summed E-state index contributed by atoms with van der Waals surface area (Å²) in [7, 11) is 0. The predicted octanol–water partition coefficient (Wildman–Crippen LogP) is 3.91. The van der Waals surface area contributed by atoms with Crippen LogP contribution >= 0.6 is 0 Å². The summed E-state index contributed by atoms with van der Waals surface area (Å²) >= 11 is 0. The maximum absolute atomic E-state index is 13.1. The van der Waals surface area contributed by atoms with Crippen molar-refractivity contribution in [2.75, 3.05) is 11.4 Å². The molecule has 1 atom stereocenters. The molecule has 2 heterocycles. The molecule has 0 radical (unpaired) electrons. The largest absolute Gasteiger partial charge is 0.312 e. The number of hydrogen-bond acceptors (Lipinski definition) is 3. The Hall–Kier alpha value is -2.95. The number of anilines is 1. The van der Waals surface area contributed by atoms with Crippen molar-refractivity contribution in [2.45, 2.75) is 33.6 Å². The molecule has 5 heteroatoms. The zero-order valence-corrected chi connectivity index (χ0v) is 15.9. The van der Waals surface area contributed by atoms with E-state index in [0.29, 0.717) is 6.54 Å². The highest BCUT2D eigenvalue weighted by Gasteiger charge is 2.36. The van der Waals surface area contributed by atoms with Crippen LogP contribution in [0.15, 0.2) is 42.7 Å². The highest BCUT2D eigenvalue weighted by Crippen LogP contribution is 2.28. The fraction of sp³-hybridized carbons (Fsp3) is 0.318. The van der Waals surface area contributed by atoms with Gasteiger partial charge in [-0.3, -0.25) is 14.2 Å². The molecule has 0 bridgehead atoms. The summed E-state index contributed by atoms with van der Waals surface area (Å²) in [6.07, 6.45) is 2.77. The Bertz CT molecular complexity index is 1030. The highest BCUT2D eigenvalue weighted by atomic mass is 16.2. The number of imidazole rings is 1. The van der Waals surface area contributed by atoms with Crippen LogP contribution in [-0.2, 0) is 11.2 Å². The summed E-state index contributed by atoms with van der Waals surface area (Å²) in [5.74, 6) is -0.432. The quantitative estimate of drug-likeness (QED) is 0.711. The van der Waals surface area contributed by atoms with Crippen molar-refractivity contribution in [3.63, 3.8) is 0 Å². The third kappa shape index (κ3) is 3.03. The molecule has 27 heavy (non-hydrogen) atoms. The van der Waals surface area contributed by atoms with Crippen LogP contribution in [0.25, 0.3) is 11.0 Å². The van der Waals surface area contributed by atoms with Gasteiger partial charge in [-0.15, -0.1) is 0 Å². The SMILES string of the molecule is CCc1ccc(N2CC(C(=O)n3cnc4cc(C)c(C)cc43)CC2=O)cc1. The van der Waals surface area contributed by atoms with Crippen LogP contribution in [0.1, 0.15) is 34.8 Å². The van der Waals surface area contributed by atoms with E-state index in [-0.39, 0.29) is 24.2 Å². The first-order valence-electron chi connectivity index (χ1n) is 9.35. The summed E-state index contributed by atoms with van der Waals surface area (Å²) in [4.78, 5) is 31.7. The Balaban J connectivity index is 1.60. The lowest BCUT2D eigenvalue weighted by Crippen LogP contribution is -2.27. The molecule has 5 nitrogen and oxygen atoms in total. The minimum atomic E-state index is -0.359. The Morgan fingerprint density at radius 1 is 1.15 bits per heavy atom. The van der Waals surface area contributed by atoms with Crippen LogP contribution in [0.2, 0.25) is 0 Å². The van der Waals surface area contributed by atoms with Crippen molar-refractivity contribution in [1.82, 2.24) is 9.55 Å². The second kappa shape index (κ2) is 6.65. The lowest BCUT2D eigenvalue weighted by atomic mass is 10.1. The zero-order valence-electron chi connectivity index (χ0n) is 15.9. The lowest BCUT2D eigenvalue weighted by molar-refractivity contribution is -0.117. The Labute approximate surface area is 158 Å². The van der Waals surface area contributed by atoms with E-state index in [1.165, 1.54) is 5.56 Å². The van der Waals surface area contributed by atoms with Gasteiger partial charge in [-0.05, 0) is 61.2 Å². The minimum absolute atomic E-state index is 0.00551. The molecule has 138 valence electrons. The summed E-state index contributed by atoms with van der Waals surface area (Å²) < 4.78 is 1.60. The molecule has 1 unspecified atom stereocenters. The number of hydrogen-bond donors (Lipinski definition) is 0. The topological polar surface area (TPSA) is 55.2 Å². The molecule has 0 aliphatic carbocycles. The summed E-state index contributed by atoms with van der Waals surface area (Å²) in [5.41, 5.74) is 5.97. The fourth-order valence-electron chi connectivity index (χ4n) is 3.67. The van der Waals surface area contributed by atoms with Gasteiger partial charge < -0.3 is 4.90 Å². The first-order chi connectivity index (χ1) is 13.0. The molecule has 1 aliphatic rings. The van der Waals surface area contributed by atoms with Crippen LogP contribution in [0.3, 0.4) is 0 Å². The maximum Gasteiger partial charge on any atom is 0.237 e. The van der Waals surface area contributed by atoms with E-state index < -0.39 is 0 Å². The molecule has 1 fully saturated rings. The van der Waals surface area contributed by atoms with Gasteiger partial charge >= 0.3 is 0 Å². The molecule has 1 amide bonds. The molecule has 0 N–H and O–H groups in total. The zero-order chi connectivity index (χ0) is 19.1. The van der Waals surface area contributed by atoms with Crippen LogP contribution in [0, 0.1) is 19.8 Å². The number of fused-ring (bicyclic) bond motifs is 1. The van der Waals surface area contributed by atoms with E-state index in [9.17, 15) is 9.59 Å². The Morgan fingerprint density at radius 3 is 2.56 bits per heavy atom. The third-order valence-electron chi connectivity index (χ3n) is 5.53. The standard InChI is InChI=1S/C22H23N3O2/c1-4-16-5-7-18(8-6-16)24-12-17(11-21(24)26)22(27)25-13-23-19-9-14(2)15(3)10-20(19)25/h5-10,13,17H,4,11-12H2,1-3H3. The number of amides is 1. The molecule has 1 saturated heterocycles. The fourth-order valence-corrected chi connectivity index (χ4v) is 3.67. The van der Waals surface area contributed by atoms with Gasteiger partial charge in [-0.2, -0.15) is 0 Å². The van der Waals surface area contributed by atoms with E-state index in [0.717, 1.165) is 34.3 Å². The number of nitrogens with zero attached hydrogens (tertiary/aromatic N) is 3. The van der Waals surface area contributed by atoms with Crippen molar-refractivity contribution < 1.29 is 9.59 Å². The number of benzene rings is 2. The highest BCUT2D eigenvalue weighted by molar-refractivity contribution is 6.02. The van der Waals surface area contributed by atoms with Gasteiger partial charge in [-0.25, -0.2) is 4.98 Å². The normalized spacial score (nSPS) is 17.1. The lowest BCUT2D eigenvalue weighted by Gasteiger charge is -2.17. The van der Waals surface area contributed by atoms with Gasteiger partial charge in [0.1, 0.15) is 6.33 Å². The first-order valence-corrected chi connectivity index (χ1v) is 9.35. The summed E-state index contributed by atoms with van der Waals surface area (Å²) in [6.45, 7) is 6.57. The summed E-state index contributed by atoms with van der Waals surface area (Å²) in [6, 6.07) is 12.0. The molecule has 1 aromatic heterocycles. The van der Waals surface area contributed by atoms with Gasteiger partial charge in [-0.1, -0.05) is 19.1 Å². The van der Waals surface area contributed by atoms with Gasteiger partial charge in [0, 0.05) is 18.7 Å². The van der Waals surface area contributed by atoms with Crippen molar-refractivity contribution >= 4 is 28.5 Å². The van der Waals surface area contributed by atoms with Crippen LogP contribution in [-0.4, -0.2) is 27.9 Å². The Kier molecular flexibility index (Phi) is 4.30. The van der Waals surface area contributed by atoms with E-state index >= 15 is 0 Å². The first kappa shape index (κ1) is 17.5. The van der Waals surface area contributed by atoms with Crippen molar-refractivity contribution in [3.05, 3.63) is 59.4 Å². The van der Waals surface area contributed by atoms with Gasteiger partial charge in [0.05, 0.1) is 17.0 Å². The monoisotopic (exact) mass is 361 g/mol. The number of aryl methyl sites for hydroxylation is 3. The number of carbonyl (C=O) groups is 2. The van der Waals surface area contributed by atoms with Crippen molar-refractivity contribution in [1.29, 1.82) is 0 Å². The average molecular weight is 361 g/mol. The molecule has 0 saturated carbocycles. The predicted molar refractivity (Wildman–Crippen MR) is 106 cm³/mol. The molecular weight excluding hydrogens is 338 g/mol. The summed E-state index contributed by atoms with van der Waals surface area (Å²) in [5, 5.41) is 0. The second-order valence-electron chi connectivity index (χ2n) is 7.30. The minimum Gasteiger partial charge on any atom is -0.312 e. The molecule has 0 spiro atoms. The van der Waals surface area contributed by atoms with Crippen molar-refractivity contribution in [3.8, 4) is 0 Å². The average Bonchev–Trinajstić information content (AvgIpc) is 3.25. The van der Waals surface area contributed by atoms with Gasteiger partial charge in [0.15, 0.2) is 0 Å². The van der Waals surface area contributed by atoms with Crippen molar-refractivity contribution in [2.24, 2.45) is 5.92 Å². The molecular formula is C22H23N3O2. The molecule has 1 aliphatic heterocycles. The molecule has 3 aromatic rings. The van der Waals surface area contributed by atoms with E-state index in [1.54, 1.807) is 15.8 Å². The smallest absolute Gasteiger partial charge is 0.237 e. The third-order valence-corrected chi connectivity index (χ3v) is 5.53. The Morgan fingerprint density at radius 2 is 1.85 bits per heavy atom. The van der Waals surface area contributed by atoms with E-state index in [2.05, 4.69) is 11.9 Å². The van der Waals surface area contributed by atoms with Gasteiger partial charge in [0.2, 0.25) is 11.8 Å². The van der Waals surface area contributed by atoms with Crippen LogP contribution in [0.4, 0.5) is 5.69 Å². The number of rotatable bonds is 3. The van der Waals surface area contributed by atoms with E-state index in [1.807, 2.05) is 50.2 Å². The molecule has 4 rings (SSSR count). The second-order valence-corrected chi connectivity index (χ2v) is 7.30. The molecule has 2 aromatic carbocycles. The van der Waals surface area contributed by atoms with Crippen LogP contribution in [0.5, 0.6) is 0 Å². The van der Waals surface area contributed by atoms with E-state index in [4.69, 9.17) is 0 Å². The van der Waals surface area contributed by atoms with Crippen LogP contribution < -0.4 is 4.90 Å². The maximum atomic E-state index is 13.1. The number of carbonyl (C=O) groups excluding carboxylic acids is 2. The number of aromatic nitrogens is 2. The van der Waals surface area contributed by atoms with Gasteiger partial charge in [0.25, 0.3) is 0 Å².